The Morgan fingerprint density at radius 2 is 1.62 bits per heavy atom. The molecule has 2 atom stereocenters. The molecule has 2 bridgehead atoms. The van der Waals surface area contributed by atoms with E-state index in [4.69, 9.17) is 9.57 Å². The lowest BCUT2D eigenvalue weighted by molar-refractivity contribution is -0.234. The predicted molar refractivity (Wildman–Crippen MR) is 75.8 cm³/mol. The van der Waals surface area contributed by atoms with Crippen molar-refractivity contribution in [3.8, 4) is 0 Å². The molecule has 2 unspecified atom stereocenters. The Balaban J connectivity index is 1.80. The zero-order valence-electron chi connectivity index (χ0n) is 11.4. The van der Waals surface area contributed by atoms with Crippen molar-refractivity contribution in [3.05, 3.63) is 66.2 Å². The second-order valence-electron chi connectivity index (χ2n) is 5.29. The number of esters is 1. The maximum atomic E-state index is 12.3. The topological polar surface area (TPSA) is 50.8 Å². The molecule has 106 valence electrons. The Morgan fingerprint density at radius 1 is 1.00 bits per heavy atom. The van der Waals surface area contributed by atoms with Crippen LogP contribution in [-0.4, -0.2) is 11.6 Å². The third-order valence-electron chi connectivity index (χ3n) is 3.81. The number of fused-ring (bicyclic) bond motifs is 2. The summed E-state index contributed by atoms with van der Waals surface area (Å²) in [6, 6.07) is 18.9. The molecule has 5 nitrogen and oxygen atoms in total. The van der Waals surface area contributed by atoms with Gasteiger partial charge in [-0.15, -0.1) is 0 Å². The molecule has 2 fully saturated rings. The predicted octanol–water partition coefficient (Wildman–Crippen LogP) is 2.11. The summed E-state index contributed by atoms with van der Waals surface area (Å²) in [5.74, 6) is -1.62. The Bertz CT molecular complexity index is 691. The summed E-state index contributed by atoms with van der Waals surface area (Å²) >= 11 is 0. The Morgan fingerprint density at radius 3 is 2.29 bits per heavy atom. The van der Waals surface area contributed by atoms with Crippen molar-refractivity contribution in [2.75, 3.05) is 5.06 Å². The maximum Gasteiger partial charge on any atom is 0.353 e. The molecule has 2 aromatic rings. The van der Waals surface area contributed by atoms with Crippen molar-refractivity contribution >= 4 is 11.7 Å². The highest BCUT2D eigenvalue weighted by molar-refractivity contribution is 5.87. The first kappa shape index (κ1) is 12.4. The number of carbonyl (C=O) groups is 1. The lowest BCUT2D eigenvalue weighted by Crippen LogP contribution is -2.53. The van der Waals surface area contributed by atoms with Gasteiger partial charge in [-0.05, 0) is 19.1 Å². The van der Waals surface area contributed by atoms with E-state index in [0.29, 0.717) is 0 Å². The van der Waals surface area contributed by atoms with Gasteiger partial charge in [-0.3, -0.25) is 0 Å². The molecule has 2 heterocycles. The second kappa shape index (κ2) is 4.07. The number of hydroxylamine groups is 1. The fourth-order valence-electron chi connectivity index (χ4n) is 2.74. The zero-order chi connectivity index (χ0) is 14.5. The van der Waals surface area contributed by atoms with E-state index in [-0.39, 0.29) is 5.97 Å². The molecule has 1 N–H and O–H groups in total. The molecule has 5 heteroatoms. The van der Waals surface area contributed by atoms with E-state index in [2.05, 4.69) is 5.32 Å². The highest BCUT2D eigenvalue weighted by Crippen LogP contribution is 2.46. The summed E-state index contributed by atoms with van der Waals surface area (Å²) in [5, 5.41) is 4.74. The van der Waals surface area contributed by atoms with Gasteiger partial charge < -0.3 is 4.74 Å². The van der Waals surface area contributed by atoms with Crippen molar-refractivity contribution in [1.82, 2.24) is 5.32 Å². The molecular formula is C16H14N2O3. The third-order valence-corrected chi connectivity index (χ3v) is 3.81. The fourth-order valence-corrected chi connectivity index (χ4v) is 2.74. The van der Waals surface area contributed by atoms with Gasteiger partial charge in [0.25, 0.3) is 0 Å². The largest absolute Gasteiger partial charge is 0.410 e. The van der Waals surface area contributed by atoms with E-state index >= 15 is 0 Å². The molecular weight excluding hydrogens is 268 g/mol. The average Bonchev–Trinajstić information content (AvgIpc) is 2.98. The Kier molecular flexibility index (Phi) is 2.40. The molecule has 0 amide bonds. The van der Waals surface area contributed by atoms with E-state index < -0.39 is 11.6 Å². The SMILES string of the molecule is CC12NC(c3ccccc3)(OC1=O)ON2c1ccccc1. The lowest BCUT2D eigenvalue weighted by Gasteiger charge is -2.34. The van der Waals surface area contributed by atoms with Crippen molar-refractivity contribution in [1.29, 1.82) is 0 Å². The molecule has 0 aromatic heterocycles. The van der Waals surface area contributed by atoms with Gasteiger partial charge in [0.2, 0.25) is 5.66 Å². The van der Waals surface area contributed by atoms with Crippen LogP contribution in [0.1, 0.15) is 12.5 Å². The quantitative estimate of drug-likeness (QED) is 0.855. The number of carbonyl (C=O) groups excluding carboxylic acids is 1. The van der Waals surface area contributed by atoms with Crippen LogP contribution in [0.25, 0.3) is 0 Å². The Hall–Kier alpha value is -2.37. The van der Waals surface area contributed by atoms with E-state index in [1.165, 1.54) is 0 Å². The summed E-state index contributed by atoms with van der Waals surface area (Å²) in [5.41, 5.74) is 0.499. The zero-order valence-corrected chi connectivity index (χ0v) is 11.4. The van der Waals surface area contributed by atoms with Gasteiger partial charge in [-0.25, -0.2) is 20.0 Å². The molecule has 2 aromatic carbocycles. The van der Waals surface area contributed by atoms with Crippen molar-refractivity contribution < 1.29 is 14.4 Å². The molecule has 2 aliphatic rings. The van der Waals surface area contributed by atoms with Gasteiger partial charge in [-0.2, -0.15) is 0 Å². The summed E-state index contributed by atoms with van der Waals surface area (Å²) in [6.07, 6.45) is 0. The first-order chi connectivity index (χ1) is 10.1. The van der Waals surface area contributed by atoms with Crippen LogP contribution in [0.3, 0.4) is 0 Å². The number of hydrogen-bond donors (Lipinski definition) is 1. The van der Waals surface area contributed by atoms with Crippen molar-refractivity contribution in [2.24, 2.45) is 0 Å². The van der Waals surface area contributed by atoms with Crippen molar-refractivity contribution in [3.63, 3.8) is 0 Å². The van der Waals surface area contributed by atoms with Crippen LogP contribution in [0.4, 0.5) is 5.69 Å². The number of nitrogens with zero attached hydrogens (tertiary/aromatic N) is 1. The maximum absolute atomic E-state index is 12.3. The third kappa shape index (κ3) is 1.62. The molecule has 21 heavy (non-hydrogen) atoms. The fraction of sp³-hybridized carbons (Fsp3) is 0.188. The molecule has 0 saturated carbocycles. The normalized spacial score (nSPS) is 30.5. The standard InChI is InChI=1S/C16H14N2O3/c1-15-14(19)20-16(17-15,12-8-4-2-5-9-12)21-18(15)13-10-6-3-7-11-13/h2-11,17H,1H3. The van der Waals surface area contributed by atoms with Gasteiger partial charge in [0, 0.05) is 5.56 Å². The molecule has 0 spiro atoms. The van der Waals surface area contributed by atoms with Crippen molar-refractivity contribution in [2.45, 2.75) is 18.5 Å². The van der Waals surface area contributed by atoms with Crippen LogP contribution in [0.15, 0.2) is 60.7 Å². The van der Waals surface area contributed by atoms with Crippen LogP contribution in [0.2, 0.25) is 0 Å². The highest BCUT2D eigenvalue weighted by Gasteiger charge is 2.67. The van der Waals surface area contributed by atoms with Gasteiger partial charge in [0.05, 0.1) is 5.69 Å². The highest BCUT2D eigenvalue weighted by atomic mass is 16.9. The first-order valence-corrected chi connectivity index (χ1v) is 6.77. The summed E-state index contributed by atoms with van der Waals surface area (Å²) in [4.78, 5) is 18.3. The first-order valence-electron chi connectivity index (χ1n) is 6.77. The number of para-hydroxylation sites is 1. The van der Waals surface area contributed by atoms with E-state index in [1.54, 1.807) is 12.0 Å². The summed E-state index contributed by atoms with van der Waals surface area (Å²) in [7, 11) is 0. The number of nitrogens with one attached hydrogen (secondary N) is 1. The molecule has 4 rings (SSSR count). The smallest absolute Gasteiger partial charge is 0.353 e. The van der Waals surface area contributed by atoms with E-state index in [1.807, 2.05) is 60.7 Å². The Labute approximate surface area is 122 Å². The number of benzene rings is 2. The minimum absolute atomic E-state index is 0.360. The second-order valence-corrected chi connectivity index (χ2v) is 5.29. The number of rotatable bonds is 2. The molecule has 2 saturated heterocycles. The summed E-state index contributed by atoms with van der Waals surface area (Å²) < 4.78 is 5.47. The van der Waals surface area contributed by atoms with Crippen LogP contribution in [-0.2, 0) is 20.3 Å². The van der Waals surface area contributed by atoms with E-state index in [9.17, 15) is 4.79 Å². The minimum atomic E-state index is -1.26. The monoisotopic (exact) mass is 282 g/mol. The van der Waals surface area contributed by atoms with Gasteiger partial charge in [0.1, 0.15) is 0 Å². The van der Waals surface area contributed by atoms with Gasteiger partial charge in [0.15, 0.2) is 0 Å². The molecule has 2 aliphatic heterocycles. The van der Waals surface area contributed by atoms with Crippen LogP contribution >= 0.6 is 0 Å². The minimum Gasteiger partial charge on any atom is -0.410 e. The number of ether oxygens (including phenoxy) is 1. The van der Waals surface area contributed by atoms with Crippen LogP contribution < -0.4 is 10.4 Å². The van der Waals surface area contributed by atoms with Crippen LogP contribution in [0, 0.1) is 0 Å². The number of hydrogen-bond acceptors (Lipinski definition) is 5. The molecule has 0 aliphatic carbocycles. The average molecular weight is 282 g/mol. The number of anilines is 1. The van der Waals surface area contributed by atoms with E-state index in [0.717, 1.165) is 11.3 Å². The van der Waals surface area contributed by atoms with Crippen LogP contribution in [0.5, 0.6) is 0 Å². The summed E-state index contributed by atoms with van der Waals surface area (Å²) in [6.45, 7) is 1.75. The lowest BCUT2D eigenvalue weighted by atomic mass is 10.1. The van der Waals surface area contributed by atoms with Gasteiger partial charge in [-0.1, -0.05) is 48.5 Å². The van der Waals surface area contributed by atoms with Gasteiger partial charge >= 0.3 is 11.9 Å². The molecule has 0 radical (unpaired) electrons.